The fraction of sp³-hybridized carbons (Fsp3) is 0. The predicted molar refractivity (Wildman–Crippen MR) is 46.7 cm³/mol. The van der Waals surface area contributed by atoms with E-state index in [0.717, 1.165) is 4.47 Å². The number of rotatable bonds is 1. The molecule has 3 N–H and O–H groups in total. The summed E-state index contributed by atoms with van der Waals surface area (Å²) in [5, 5.41) is 11.4. The van der Waals surface area contributed by atoms with Crippen LogP contribution in [0.3, 0.4) is 0 Å². The number of amides is 1. The van der Waals surface area contributed by atoms with E-state index >= 15 is 0 Å². The number of nitrogens with zero attached hydrogens (tertiary/aromatic N) is 1. The molecule has 0 bridgehead atoms. The van der Waals surface area contributed by atoms with E-state index < -0.39 is 6.09 Å². The van der Waals surface area contributed by atoms with Crippen LogP contribution in [0.2, 0.25) is 0 Å². The first kappa shape index (κ1) is 8.51. The number of anilines is 1. The maximum Gasteiger partial charge on any atom is 0.427 e. The molecule has 1 heterocycles. The van der Waals surface area contributed by atoms with Crippen molar-refractivity contribution in [2.24, 2.45) is 5.84 Å². The minimum atomic E-state index is -1.17. The van der Waals surface area contributed by atoms with Crippen LogP contribution in [0.4, 0.5) is 9.80 Å². The van der Waals surface area contributed by atoms with Crippen molar-refractivity contribution in [3.05, 3.63) is 15.9 Å². The van der Waals surface area contributed by atoms with E-state index in [1.165, 1.54) is 11.3 Å². The summed E-state index contributed by atoms with van der Waals surface area (Å²) < 4.78 is 0.828. The van der Waals surface area contributed by atoms with Crippen LogP contribution in [0.15, 0.2) is 15.9 Å². The largest absolute Gasteiger partial charge is 0.464 e. The zero-order valence-corrected chi connectivity index (χ0v) is 7.72. The van der Waals surface area contributed by atoms with Gasteiger partial charge in [0.15, 0.2) is 0 Å². The van der Waals surface area contributed by atoms with E-state index in [-0.39, 0.29) is 0 Å². The minimum absolute atomic E-state index is 0.490. The van der Waals surface area contributed by atoms with Crippen molar-refractivity contribution in [3.63, 3.8) is 0 Å². The molecule has 0 aliphatic heterocycles. The molecule has 0 saturated carbocycles. The number of halogens is 1. The summed E-state index contributed by atoms with van der Waals surface area (Å²) in [5.41, 5.74) is 0. The summed E-state index contributed by atoms with van der Waals surface area (Å²) >= 11 is 4.44. The molecule has 0 radical (unpaired) electrons. The average Bonchev–Trinajstić information content (AvgIpc) is 2.34. The van der Waals surface area contributed by atoms with Gasteiger partial charge in [-0.1, -0.05) is 0 Å². The average molecular weight is 237 g/mol. The molecule has 60 valence electrons. The Balaban J connectivity index is 2.84. The summed E-state index contributed by atoms with van der Waals surface area (Å²) in [7, 11) is 0. The Morgan fingerprint density at radius 2 is 2.45 bits per heavy atom. The second kappa shape index (κ2) is 3.21. The minimum Gasteiger partial charge on any atom is -0.464 e. The van der Waals surface area contributed by atoms with Crippen molar-refractivity contribution in [1.82, 2.24) is 0 Å². The molecule has 6 heteroatoms. The Morgan fingerprint density at radius 3 is 2.82 bits per heavy atom. The van der Waals surface area contributed by atoms with Crippen molar-refractivity contribution in [2.45, 2.75) is 0 Å². The Bertz CT molecular complexity index is 275. The van der Waals surface area contributed by atoms with Gasteiger partial charge in [-0.3, -0.25) is 0 Å². The number of carbonyl (C=O) groups is 1. The Labute approximate surface area is 75.3 Å². The number of carboxylic acid groups (broad SMARTS) is 1. The Kier molecular flexibility index (Phi) is 2.48. The monoisotopic (exact) mass is 236 g/mol. The van der Waals surface area contributed by atoms with Crippen LogP contribution >= 0.6 is 27.3 Å². The van der Waals surface area contributed by atoms with Crippen molar-refractivity contribution < 1.29 is 9.90 Å². The van der Waals surface area contributed by atoms with Crippen LogP contribution in [0.1, 0.15) is 0 Å². The number of thiophene rings is 1. The summed E-state index contributed by atoms with van der Waals surface area (Å²) in [6, 6.07) is 1.64. The maximum absolute atomic E-state index is 10.3. The highest BCUT2D eigenvalue weighted by Crippen LogP contribution is 2.26. The smallest absolute Gasteiger partial charge is 0.427 e. The van der Waals surface area contributed by atoms with E-state index in [1.54, 1.807) is 11.4 Å². The van der Waals surface area contributed by atoms with Gasteiger partial charge < -0.3 is 5.11 Å². The van der Waals surface area contributed by atoms with Crippen molar-refractivity contribution >= 4 is 38.4 Å². The summed E-state index contributed by atoms with van der Waals surface area (Å²) in [5.74, 6) is 5.17. The molecular formula is C5H5BrN2O2S. The lowest BCUT2D eigenvalue weighted by atomic mass is 10.6. The van der Waals surface area contributed by atoms with Crippen LogP contribution in [0.25, 0.3) is 0 Å². The predicted octanol–water partition coefficient (Wildman–Crippen LogP) is 1.87. The molecule has 1 aromatic heterocycles. The van der Waals surface area contributed by atoms with Crippen LogP contribution in [-0.4, -0.2) is 11.2 Å². The molecule has 0 spiro atoms. The van der Waals surface area contributed by atoms with E-state index in [4.69, 9.17) is 10.9 Å². The van der Waals surface area contributed by atoms with Gasteiger partial charge in [0.1, 0.15) is 5.00 Å². The van der Waals surface area contributed by atoms with Gasteiger partial charge >= 0.3 is 6.09 Å². The maximum atomic E-state index is 10.3. The van der Waals surface area contributed by atoms with E-state index in [9.17, 15) is 4.79 Å². The molecular weight excluding hydrogens is 232 g/mol. The highest BCUT2D eigenvalue weighted by molar-refractivity contribution is 9.10. The van der Waals surface area contributed by atoms with Crippen LogP contribution in [0.5, 0.6) is 0 Å². The second-order valence-corrected chi connectivity index (χ2v) is 3.56. The molecule has 0 atom stereocenters. The molecule has 0 fully saturated rings. The van der Waals surface area contributed by atoms with Crippen LogP contribution in [-0.2, 0) is 0 Å². The number of hydrogen-bond acceptors (Lipinski definition) is 3. The zero-order chi connectivity index (χ0) is 8.43. The molecule has 1 amide bonds. The van der Waals surface area contributed by atoms with E-state index in [0.29, 0.717) is 10.0 Å². The summed E-state index contributed by atoms with van der Waals surface area (Å²) in [6.45, 7) is 0. The van der Waals surface area contributed by atoms with Crippen molar-refractivity contribution in [3.8, 4) is 0 Å². The molecule has 11 heavy (non-hydrogen) atoms. The van der Waals surface area contributed by atoms with Gasteiger partial charge in [0, 0.05) is 9.85 Å². The SMILES string of the molecule is NN(C(=O)O)c1cc(Br)cs1. The van der Waals surface area contributed by atoms with Crippen molar-refractivity contribution in [1.29, 1.82) is 0 Å². The van der Waals surface area contributed by atoms with Crippen LogP contribution in [0, 0.1) is 0 Å². The second-order valence-electron chi connectivity index (χ2n) is 1.76. The van der Waals surface area contributed by atoms with E-state index in [2.05, 4.69) is 15.9 Å². The molecule has 0 saturated heterocycles. The van der Waals surface area contributed by atoms with E-state index in [1.807, 2.05) is 0 Å². The summed E-state index contributed by atoms with van der Waals surface area (Å²) in [6.07, 6.45) is -1.17. The fourth-order valence-corrected chi connectivity index (χ4v) is 1.86. The Morgan fingerprint density at radius 1 is 1.82 bits per heavy atom. The third-order valence-electron chi connectivity index (χ3n) is 0.997. The normalized spacial score (nSPS) is 9.64. The molecule has 0 unspecified atom stereocenters. The van der Waals surface area contributed by atoms with Crippen LogP contribution < -0.4 is 10.9 Å². The highest BCUT2D eigenvalue weighted by atomic mass is 79.9. The van der Waals surface area contributed by atoms with Gasteiger partial charge in [0.25, 0.3) is 0 Å². The molecule has 4 nitrogen and oxygen atoms in total. The number of hydrazine groups is 1. The third kappa shape index (κ3) is 1.92. The highest BCUT2D eigenvalue weighted by Gasteiger charge is 2.10. The number of nitrogens with two attached hydrogens (primary N) is 1. The van der Waals surface area contributed by atoms with Gasteiger partial charge in [-0.15, -0.1) is 11.3 Å². The molecule has 0 aliphatic rings. The lowest BCUT2D eigenvalue weighted by molar-refractivity contribution is 0.202. The first-order valence-electron chi connectivity index (χ1n) is 2.63. The lowest BCUT2D eigenvalue weighted by Crippen LogP contribution is -2.35. The van der Waals surface area contributed by atoms with Crippen molar-refractivity contribution in [2.75, 3.05) is 5.01 Å². The van der Waals surface area contributed by atoms with Gasteiger partial charge in [-0.05, 0) is 22.0 Å². The quantitative estimate of drug-likeness (QED) is 0.445. The van der Waals surface area contributed by atoms with Gasteiger partial charge in [0.05, 0.1) is 0 Å². The third-order valence-corrected chi connectivity index (χ3v) is 2.69. The van der Waals surface area contributed by atoms with Gasteiger partial charge in [-0.25, -0.2) is 15.6 Å². The molecule has 0 aromatic carbocycles. The Hall–Kier alpha value is -0.590. The standard InChI is InChI=1S/C5H5BrN2O2S/c6-3-1-4(11-2-3)8(7)5(9)10/h1-2H,7H2,(H,9,10). The van der Waals surface area contributed by atoms with Gasteiger partial charge in [-0.2, -0.15) is 0 Å². The lowest BCUT2D eigenvalue weighted by Gasteiger charge is -2.07. The fourth-order valence-electron chi connectivity index (χ4n) is 0.523. The molecule has 1 rings (SSSR count). The first-order chi connectivity index (χ1) is 5.11. The topological polar surface area (TPSA) is 66.6 Å². The molecule has 0 aliphatic carbocycles. The zero-order valence-electron chi connectivity index (χ0n) is 5.32. The first-order valence-corrected chi connectivity index (χ1v) is 4.30. The number of hydrogen-bond donors (Lipinski definition) is 2. The summed E-state index contributed by atoms with van der Waals surface area (Å²) in [4.78, 5) is 10.3. The molecule has 1 aromatic rings. The van der Waals surface area contributed by atoms with Gasteiger partial charge in [0.2, 0.25) is 0 Å².